The minimum atomic E-state index is -0.878. The van der Waals surface area contributed by atoms with Gasteiger partial charge in [-0.3, -0.25) is 9.59 Å². The van der Waals surface area contributed by atoms with Gasteiger partial charge in [0.25, 0.3) is 12.2 Å². The van der Waals surface area contributed by atoms with E-state index in [0.717, 1.165) is 28.1 Å². The SMILES string of the molecule is Cc1cc(OCC2Oc3cccc(C)c3O2)ccc1C(=O)N1c2ccccc2C(CC(=O)O)C1C. The predicted molar refractivity (Wildman–Crippen MR) is 131 cm³/mol. The van der Waals surface area contributed by atoms with Gasteiger partial charge in [0.2, 0.25) is 0 Å². The normalized spacial score (nSPS) is 20.0. The predicted octanol–water partition coefficient (Wildman–Crippen LogP) is 5.09. The number of carboxylic acids is 1. The number of nitrogens with zero attached hydrogens (tertiary/aromatic N) is 1. The number of carbonyl (C=O) groups excluding carboxylic acids is 1. The number of carbonyl (C=O) groups is 2. The Balaban J connectivity index is 1.30. The van der Waals surface area contributed by atoms with Crippen molar-refractivity contribution < 1.29 is 28.9 Å². The third-order valence-electron chi connectivity index (χ3n) is 6.70. The number of fused-ring (bicyclic) bond motifs is 2. The van der Waals surface area contributed by atoms with Crippen LogP contribution in [0.2, 0.25) is 0 Å². The molecule has 2 aliphatic heterocycles. The highest BCUT2D eigenvalue weighted by molar-refractivity contribution is 6.09. The Kier molecular flexibility index (Phi) is 5.84. The average Bonchev–Trinajstić information content (AvgIpc) is 3.37. The number of hydrogen-bond donors (Lipinski definition) is 1. The molecule has 0 bridgehead atoms. The molecule has 0 radical (unpaired) electrons. The van der Waals surface area contributed by atoms with E-state index < -0.39 is 12.3 Å². The van der Waals surface area contributed by atoms with Crippen LogP contribution in [-0.4, -0.2) is 35.9 Å². The van der Waals surface area contributed by atoms with Crippen LogP contribution in [0, 0.1) is 13.8 Å². The number of carboxylic acid groups (broad SMARTS) is 1. The van der Waals surface area contributed by atoms with Gasteiger partial charge in [-0.1, -0.05) is 30.3 Å². The van der Waals surface area contributed by atoms with Gasteiger partial charge < -0.3 is 24.2 Å². The van der Waals surface area contributed by atoms with Crippen molar-refractivity contribution >= 4 is 17.6 Å². The Labute approximate surface area is 203 Å². The molecule has 7 heteroatoms. The van der Waals surface area contributed by atoms with Crippen LogP contribution < -0.4 is 19.1 Å². The Hall–Kier alpha value is -4.00. The number of para-hydroxylation sites is 2. The second kappa shape index (κ2) is 8.98. The van der Waals surface area contributed by atoms with E-state index in [4.69, 9.17) is 14.2 Å². The molecule has 0 saturated carbocycles. The minimum absolute atomic E-state index is 0.0254. The first-order valence-electron chi connectivity index (χ1n) is 11.6. The van der Waals surface area contributed by atoms with Crippen molar-refractivity contribution in [3.8, 4) is 17.2 Å². The molecule has 1 N–H and O–H groups in total. The number of aryl methyl sites for hydroxylation is 2. The van der Waals surface area contributed by atoms with E-state index in [9.17, 15) is 14.7 Å². The molecular formula is C28H27NO6. The zero-order valence-corrected chi connectivity index (χ0v) is 19.9. The monoisotopic (exact) mass is 473 g/mol. The van der Waals surface area contributed by atoms with Crippen LogP contribution in [0.15, 0.2) is 60.7 Å². The Morgan fingerprint density at radius 3 is 2.54 bits per heavy atom. The number of anilines is 1. The van der Waals surface area contributed by atoms with E-state index in [2.05, 4.69) is 0 Å². The third kappa shape index (κ3) is 4.18. The van der Waals surface area contributed by atoms with Gasteiger partial charge in [0.1, 0.15) is 5.75 Å². The van der Waals surface area contributed by atoms with Gasteiger partial charge >= 0.3 is 5.97 Å². The van der Waals surface area contributed by atoms with Gasteiger partial charge in [0, 0.05) is 23.2 Å². The number of hydrogen-bond acceptors (Lipinski definition) is 5. The van der Waals surface area contributed by atoms with Crippen molar-refractivity contribution in [1.29, 1.82) is 0 Å². The van der Waals surface area contributed by atoms with Gasteiger partial charge in [-0.2, -0.15) is 0 Å². The maximum atomic E-state index is 13.6. The van der Waals surface area contributed by atoms with E-state index in [1.54, 1.807) is 17.0 Å². The lowest BCUT2D eigenvalue weighted by Gasteiger charge is -2.26. The third-order valence-corrected chi connectivity index (χ3v) is 6.70. The topological polar surface area (TPSA) is 85.3 Å². The van der Waals surface area contributed by atoms with Crippen molar-refractivity contribution in [2.24, 2.45) is 0 Å². The van der Waals surface area contributed by atoms with Crippen LogP contribution >= 0.6 is 0 Å². The molecule has 7 nitrogen and oxygen atoms in total. The molecule has 180 valence electrons. The number of amides is 1. The van der Waals surface area contributed by atoms with Crippen molar-refractivity contribution in [2.45, 2.75) is 45.4 Å². The van der Waals surface area contributed by atoms with Gasteiger partial charge in [-0.25, -0.2) is 0 Å². The van der Waals surface area contributed by atoms with Crippen LogP contribution in [0.1, 0.15) is 46.3 Å². The largest absolute Gasteiger partial charge is 0.486 e. The highest BCUT2D eigenvalue weighted by atomic mass is 16.7. The molecule has 5 rings (SSSR count). The van der Waals surface area contributed by atoms with E-state index in [1.165, 1.54) is 0 Å². The molecule has 35 heavy (non-hydrogen) atoms. The molecule has 3 aromatic rings. The fourth-order valence-corrected chi connectivity index (χ4v) is 4.94. The van der Waals surface area contributed by atoms with Crippen LogP contribution in [0.4, 0.5) is 5.69 Å². The van der Waals surface area contributed by atoms with Gasteiger partial charge in [0.15, 0.2) is 18.1 Å². The number of aliphatic carboxylic acids is 1. The summed E-state index contributed by atoms with van der Waals surface area (Å²) in [7, 11) is 0. The summed E-state index contributed by atoms with van der Waals surface area (Å²) in [5, 5.41) is 9.39. The molecule has 0 saturated heterocycles. The van der Waals surface area contributed by atoms with Crippen molar-refractivity contribution in [1.82, 2.24) is 0 Å². The summed E-state index contributed by atoms with van der Waals surface area (Å²) < 4.78 is 17.6. The molecule has 0 aromatic heterocycles. The van der Waals surface area contributed by atoms with Crippen LogP contribution in [0.5, 0.6) is 17.2 Å². The molecule has 0 fully saturated rings. The zero-order valence-electron chi connectivity index (χ0n) is 19.9. The van der Waals surface area contributed by atoms with E-state index in [0.29, 0.717) is 17.1 Å². The fourth-order valence-electron chi connectivity index (χ4n) is 4.94. The molecule has 3 unspecified atom stereocenters. The molecule has 3 aromatic carbocycles. The maximum Gasteiger partial charge on any atom is 0.304 e. The van der Waals surface area contributed by atoms with Crippen LogP contribution in [0.25, 0.3) is 0 Å². The second-order valence-electron chi connectivity index (χ2n) is 9.03. The Bertz CT molecular complexity index is 1300. The Morgan fingerprint density at radius 1 is 1.00 bits per heavy atom. The second-order valence-corrected chi connectivity index (χ2v) is 9.03. The maximum absolute atomic E-state index is 13.6. The first kappa shape index (κ1) is 22.8. The molecule has 2 aliphatic rings. The summed E-state index contributed by atoms with van der Waals surface area (Å²) >= 11 is 0. The highest BCUT2D eigenvalue weighted by Crippen LogP contribution is 2.43. The van der Waals surface area contributed by atoms with Gasteiger partial charge in [-0.05, 0) is 67.8 Å². The van der Waals surface area contributed by atoms with Crippen molar-refractivity contribution in [3.63, 3.8) is 0 Å². The minimum Gasteiger partial charge on any atom is -0.486 e. The summed E-state index contributed by atoms with van der Waals surface area (Å²) in [5.41, 5.74) is 3.98. The standard InChI is InChI=1S/C28H27NO6/c1-16-7-6-10-24-27(16)35-26(34-24)15-33-19-11-12-20(17(2)13-19)28(32)29-18(3)22(14-25(30)31)21-8-4-5-9-23(21)29/h4-13,18,22,26H,14-15H2,1-3H3,(H,30,31). The molecular weight excluding hydrogens is 446 g/mol. The molecule has 0 aliphatic carbocycles. The van der Waals surface area contributed by atoms with Crippen LogP contribution in [0.3, 0.4) is 0 Å². The van der Waals surface area contributed by atoms with E-state index in [-0.39, 0.29) is 30.9 Å². The summed E-state index contributed by atoms with van der Waals surface area (Å²) in [6.45, 7) is 5.94. The lowest BCUT2D eigenvalue weighted by atomic mass is 9.92. The highest BCUT2D eigenvalue weighted by Gasteiger charge is 2.40. The summed E-state index contributed by atoms with van der Waals surface area (Å²) in [5.74, 6) is 0.760. The molecule has 0 spiro atoms. The average molecular weight is 474 g/mol. The first-order valence-corrected chi connectivity index (χ1v) is 11.6. The Morgan fingerprint density at radius 2 is 1.80 bits per heavy atom. The number of benzene rings is 3. The summed E-state index contributed by atoms with van der Waals surface area (Å²) in [4.78, 5) is 26.8. The lowest BCUT2D eigenvalue weighted by molar-refractivity contribution is -0.137. The smallest absolute Gasteiger partial charge is 0.304 e. The van der Waals surface area contributed by atoms with E-state index in [1.807, 2.05) is 69.3 Å². The number of rotatable bonds is 6. The van der Waals surface area contributed by atoms with E-state index >= 15 is 0 Å². The van der Waals surface area contributed by atoms with Gasteiger partial charge in [0.05, 0.1) is 6.42 Å². The first-order chi connectivity index (χ1) is 16.8. The molecule has 3 atom stereocenters. The van der Waals surface area contributed by atoms with Gasteiger partial charge in [-0.15, -0.1) is 0 Å². The quantitative estimate of drug-likeness (QED) is 0.537. The fraction of sp³-hybridized carbons (Fsp3) is 0.286. The van der Waals surface area contributed by atoms with Crippen molar-refractivity contribution in [3.05, 3.63) is 82.9 Å². The molecule has 1 amide bonds. The van der Waals surface area contributed by atoms with Crippen LogP contribution in [-0.2, 0) is 4.79 Å². The summed E-state index contributed by atoms with van der Waals surface area (Å²) in [6, 6.07) is 18.3. The zero-order chi connectivity index (χ0) is 24.7. The number of ether oxygens (including phenoxy) is 3. The molecule has 2 heterocycles. The summed E-state index contributed by atoms with van der Waals surface area (Å²) in [6.07, 6.45) is -0.566. The lowest BCUT2D eigenvalue weighted by Crippen LogP contribution is -2.38. The van der Waals surface area contributed by atoms with Crippen molar-refractivity contribution in [2.75, 3.05) is 11.5 Å².